The molecule has 7 nitrogen and oxygen atoms in total. The quantitative estimate of drug-likeness (QED) is 0.458. The number of nitrogens with one attached hydrogen (secondary N) is 1. The molecule has 0 unspecified atom stereocenters. The molecule has 2 amide bonds. The van der Waals surface area contributed by atoms with Crippen molar-refractivity contribution in [1.82, 2.24) is 4.90 Å². The first-order valence-electron chi connectivity index (χ1n) is 11.0. The minimum absolute atomic E-state index is 0.206. The lowest BCUT2D eigenvalue weighted by Crippen LogP contribution is -2.44. The Morgan fingerprint density at radius 3 is 2.20 bits per heavy atom. The molecule has 182 valence electrons. The smallest absolute Gasteiger partial charge is 0.254 e. The zero-order valence-electron chi connectivity index (χ0n) is 20.2. The lowest BCUT2D eigenvalue weighted by Gasteiger charge is -2.40. The number of fused-ring (bicyclic) bond motifs is 1. The fourth-order valence-electron chi connectivity index (χ4n) is 4.48. The van der Waals surface area contributed by atoms with Gasteiger partial charge in [-0.3, -0.25) is 9.59 Å². The standard InChI is InChI=1S/C27H27BrN2O5/c1-15-6-11-21(20(28)12-15)29-26(31)24-18-13-22(34-4)23(35-5)14-19(18)27(32)30(2)25(24)16-7-9-17(33-3)10-8-16/h6-14,24-25H,1-5H3,(H,29,31)/t24-,25+/m0/s1. The molecule has 0 fully saturated rings. The molecule has 0 spiro atoms. The molecule has 0 radical (unpaired) electrons. The third kappa shape index (κ3) is 4.58. The predicted molar refractivity (Wildman–Crippen MR) is 138 cm³/mol. The largest absolute Gasteiger partial charge is 0.497 e. The molecule has 2 atom stereocenters. The van der Waals surface area contributed by atoms with Gasteiger partial charge in [0.1, 0.15) is 5.75 Å². The van der Waals surface area contributed by atoms with Crippen molar-refractivity contribution in [2.75, 3.05) is 33.7 Å². The summed E-state index contributed by atoms with van der Waals surface area (Å²) in [5, 5.41) is 3.05. The van der Waals surface area contributed by atoms with E-state index in [1.54, 1.807) is 31.2 Å². The number of carbonyl (C=O) groups excluding carboxylic acids is 2. The van der Waals surface area contributed by atoms with Crippen LogP contribution in [0.2, 0.25) is 0 Å². The van der Waals surface area contributed by atoms with Gasteiger partial charge in [0.05, 0.1) is 39.0 Å². The van der Waals surface area contributed by atoms with Crippen molar-refractivity contribution < 1.29 is 23.8 Å². The zero-order valence-corrected chi connectivity index (χ0v) is 21.8. The Bertz CT molecular complexity index is 1280. The van der Waals surface area contributed by atoms with Gasteiger partial charge in [-0.05, 0) is 75.9 Å². The molecule has 35 heavy (non-hydrogen) atoms. The number of amides is 2. The number of hydrogen-bond acceptors (Lipinski definition) is 5. The van der Waals surface area contributed by atoms with Crippen LogP contribution in [0.25, 0.3) is 0 Å². The molecule has 8 heteroatoms. The minimum Gasteiger partial charge on any atom is -0.497 e. The maximum absolute atomic E-state index is 13.9. The highest BCUT2D eigenvalue weighted by Gasteiger charge is 2.43. The van der Waals surface area contributed by atoms with Gasteiger partial charge < -0.3 is 24.4 Å². The van der Waals surface area contributed by atoms with Crippen LogP contribution in [-0.2, 0) is 4.79 Å². The minimum atomic E-state index is -0.714. The van der Waals surface area contributed by atoms with Crippen molar-refractivity contribution in [3.63, 3.8) is 0 Å². The first-order chi connectivity index (χ1) is 16.8. The molecule has 1 aliphatic rings. The molecular formula is C27H27BrN2O5. The number of carbonyl (C=O) groups is 2. The Morgan fingerprint density at radius 2 is 1.60 bits per heavy atom. The number of methoxy groups -OCH3 is 3. The van der Waals surface area contributed by atoms with E-state index in [1.165, 1.54) is 14.2 Å². The monoisotopic (exact) mass is 538 g/mol. The fraction of sp³-hybridized carbons (Fsp3) is 0.259. The first kappa shape index (κ1) is 24.6. The van der Waals surface area contributed by atoms with Gasteiger partial charge >= 0.3 is 0 Å². The lowest BCUT2D eigenvalue weighted by molar-refractivity contribution is -0.119. The molecule has 4 rings (SSSR count). The normalized spacial score (nSPS) is 17.0. The van der Waals surface area contributed by atoms with Gasteiger partial charge in [-0.25, -0.2) is 0 Å². The van der Waals surface area contributed by atoms with Crippen LogP contribution in [0.1, 0.15) is 39.0 Å². The fourth-order valence-corrected chi connectivity index (χ4v) is 5.07. The van der Waals surface area contributed by atoms with E-state index in [0.717, 1.165) is 15.6 Å². The van der Waals surface area contributed by atoms with Crippen LogP contribution < -0.4 is 19.5 Å². The Hall–Kier alpha value is -3.52. The highest BCUT2D eigenvalue weighted by molar-refractivity contribution is 9.10. The predicted octanol–water partition coefficient (Wildman–Crippen LogP) is 5.33. The van der Waals surface area contributed by atoms with Crippen LogP contribution >= 0.6 is 15.9 Å². The molecule has 1 N–H and O–H groups in total. The molecule has 0 aromatic heterocycles. The molecule has 3 aromatic rings. The maximum Gasteiger partial charge on any atom is 0.254 e. The molecule has 0 saturated carbocycles. The average Bonchev–Trinajstić information content (AvgIpc) is 2.86. The number of anilines is 1. The van der Waals surface area contributed by atoms with Gasteiger partial charge in [0.25, 0.3) is 5.91 Å². The zero-order chi connectivity index (χ0) is 25.3. The van der Waals surface area contributed by atoms with E-state index in [1.807, 2.05) is 49.4 Å². The number of hydrogen-bond donors (Lipinski definition) is 1. The van der Waals surface area contributed by atoms with E-state index in [4.69, 9.17) is 14.2 Å². The van der Waals surface area contributed by atoms with Gasteiger partial charge in [-0.15, -0.1) is 0 Å². The summed E-state index contributed by atoms with van der Waals surface area (Å²) in [6, 6.07) is 15.9. The van der Waals surface area contributed by atoms with Crippen LogP contribution in [-0.4, -0.2) is 45.1 Å². The van der Waals surface area contributed by atoms with Crippen molar-refractivity contribution in [2.45, 2.75) is 18.9 Å². The number of rotatable bonds is 6. The summed E-state index contributed by atoms with van der Waals surface area (Å²) in [6.45, 7) is 1.98. The van der Waals surface area contributed by atoms with Crippen LogP contribution in [0, 0.1) is 6.92 Å². The molecule has 0 saturated heterocycles. The molecular weight excluding hydrogens is 512 g/mol. The van der Waals surface area contributed by atoms with Gasteiger partial charge in [-0.2, -0.15) is 0 Å². The van der Waals surface area contributed by atoms with Crippen LogP contribution in [0.15, 0.2) is 59.1 Å². The third-order valence-corrected chi connectivity index (χ3v) is 6.95. The summed E-state index contributed by atoms with van der Waals surface area (Å²) in [5.41, 5.74) is 3.50. The van der Waals surface area contributed by atoms with Crippen molar-refractivity contribution in [1.29, 1.82) is 0 Å². The molecule has 1 aliphatic heterocycles. The highest BCUT2D eigenvalue weighted by atomic mass is 79.9. The maximum atomic E-state index is 13.9. The van der Waals surface area contributed by atoms with Crippen LogP contribution in [0.3, 0.4) is 0 Å². The Morgan fingerprint density at radius 1 is 0.943 bits per heavy atom. The summed E-state index contributed by atoms with van der Waals surface area (Å²) in [6.07, 6.45) is 0. The van der Waals surface area contributed by atoms with E-state index in [-0.39, 0.29) is 11.8 Å². The van der Waals surface area contributed by atoms with Gasteiger partial charge in [-0.1, -0.05) is 18.2 Å². The van der Waals surface area contributed by atoms with Crippen LogP contribution in [0.5, 0.6) is 17.2 Å². The van der Waals surface area contributed by atoms with Gasteiger partial charge in [0.2, 0.25) is 5.91 Å². The second kappa shape index (κ2) is 10.00. The summed E-state index contributed by atoms with van der Waals surface area (Å²) < 4.78 is 17.0. The van der Waals surface area contributed by atoms with Crippen molar-refractivity contribution >= 4 is 33.4 Å². The number of aryl methyl sites for hydroxylation is 1. The number of nitrogens with zero attached hydrogens (tertiary/aromatic N) is 1. The van der Waals surface area contributed by atoms with Crippen LogP contribution in [0.4, 0.5) is 5.69 Å². The van der Waals surface area contributed by atoms with E-state index >= 15 is 0 Å². The third-order valence-electron chi connectivity index (χ3n) is 6.30. The van der Waals surface area contributed by atoms with Crippen molar-refractivity contribution in [3.8, 4) is 17.2 Å². The summed E-state index contributed by atoms with van der Waals surface area (Å²) >= 11 is 3.54. The number of benzene rings is 3. The Labute approximate surface area is 213 Å². The van der Waals surface area contributed by atoms with E-state index < -0.39 is 12.0 Å². The van der Waals surface area contributed by atoms with E-state index in [2.05, 4.69) is 21.2 Å². The van der Waals surface area contributed by atoms with E-state index in [9.17, 15) is 9.59 Å². The summed E-state index contributed by atoms with van der Waals surface area (Å²) in [4.78, 5) is 29.0. The summed E-state index contributed by atoms with van der Waals surface area (Å²) in [5.74, 6) is 0.400. The number of ether oxygens (including phenoxy) is 3. The van der Waals surface area contributed by atoms with E-state index in [0.29, 0.717) is 34.1 Å². The average molecular weight is 539 g/mol. The van der Waals surface area contributed by atoms with Crippen molar-refractivity contribution in [2.24, 2.45) is 0 Å². The molecule has 0 aliphatic carbocycles. The molecule has 0 bridgehead atoms. The lowest BCUT2D eigenvalue weighted by atomic mass is 9.79. The SMILES string of the molecule is COc1ccc([C@@H]2[C@@H](C(=O)Nc3ccc(C)cc3Br)c3cc(OC)c(OC)cc3C(=O)N2C)cc1. The number of likely N-dealkylation sites (N-methyl/N-ethyl adjacent to an activating group) is 1. The van der Waals surface area contributed by atoms with Gasteiger partial charge in [0, 0.05) is 17.1 Å². The highest BCUT2D eigenvalue weighted by Crippen LogP contribution is 2.46. The number of halogens is 1. The Balaban J connectivity index is 1.87. The second-order valence-corrected chi connectivity index (χ2v) is 9.23. The summed E-state index contributed by atoms with van der Waals surface area (Å²) in [7, 11) is 6.34. The second-order valence-electron chi connectivity index (χ2n) is 8.38. The molecule has 3 aromatic carbocycles. The van der Waals surface area contributed by atoms with Crippen molar-refractivity contribution in [3.05, 3.63) is 81.3 Å². The van der Waals surface area contributed by atoms with Gasteiger partial charge in [0.15, 0.2) is 11.5 Å². The topological polar surface area (TPSA) is 77.1 Å². The molecule has 1 heterocycles. The first-order valence-corrected chi connectivity index (χ1v) is 11.8. The Kier molecular flexibility index (Phi) is 7.03.